The maximum atomic E-state index is 13.2. The fourth-order valence-corrected chi connectivity index (χ4v) is 4.15. The van der Waals surface area contributed by atoms with Gasteiger partial charge < -0.3 is 9.88 Å². The van der Waals surface area contributed by atoms with Gasteiger partial charge in [-0.1, -0.05) is 19.1 Å². The number of fused-ring (bicyclic) bond motifs is 2. The Labute approximate surface area is 212 Å². The van der Waals surface area contributed by atoms with Crippen molar-refractivity contribution in [1.29, 1.82) is 0 Å². The molecule has 0 saturated carbocycles. The van der Waals surface area contributed by atoms with Gasteiger partial charge in [0.05, 0.1) is 50.9 Å². The van der Waals surface area contributed by atoms with Gasteiger partial charge in [0.25, 0.3) is 0 Å². The Kier molecular flexibility index (Phi) is 6.41. The molecular formula is C29H26F3N5. The van der Waals surface area contributed by atoms with Gasteiger partial charge in [0.2, 0.25) is 0 Å². The molecule has 1 atom stereocenters. The highest BCUT2D eigenvalue weighted by Crippen LogP contribution is 2.33. The Balaban J connectivity index is 1.77. The van der Waals surface area contributed by atoms with Gasteiger partial charge >= 0.3 is 6.18 Å². The second-order valence-corrected chi connectivity index (χ2v) is 9.04. The van der Waals surface area contributed by atoms with Crippen molar-refractivity contribution in [3.63, 3.8) is 0 Å². The Hall–Kier alpha value is -4.20. The molecule has 0 saturated heterocycles. The summed E-state index contributed by atoms with van der Waals surface area (Å²) in [6, 6.07) is 20.6. The van der Waals surface area contributed by atoms with Crippen LogP contribution in [0.1, 0.15) is 31.5 Å². The van der Waals surface area contributed by atoms with E-state index in [0.29, 0.717) is 11.4 Å². The minimum atomic E-state index is -4.40. The molecule has 2 heterocycles. The van der Waals surface area contributed by atoms with E-state index in [1.54, 1.807) is 6.20 Å². The third-order valence-corrected chi connectivity index (χ3v) is 6.29. The zero-order chi connectivity index (χ0) is 26.2. The van der Waals surface area contributed by atoms with Gasteiger partial charge in [-0.2, -0.15) is 13.2 Å². The average Bonchev–Trinajstić information content (AvgIpc) is 2.88. The Morgan fingerprint density at radius 3 is 2.43 bits per heavy atom. The molecule has 2 aromatic carbocycles. The number of aromatic nitrogens is 3. The zero-order valence-electron chi connectivity index (χ0n) is 20.7. The summed E-state index contributed by atoms with van der Waals surface area (Å²) < 4.78 is 41.7. The van der Waals surface area contributed by atoms with Crippen LogP contribution in [0.2, 0.25) is 0 Å². The number of alkyl halides is 3. The lowest BCUT2D eigenvalue weighted by atomic mass is 10.1. The summed E-state index contributed by atoms with van der Waals surface area (Å²) in [5.74, 6) is 0. The quantitative estimate of drug-likeness (QED) is 0.257. The highest BCUT2D eigenvalue weighted by molar-refractivity contribution is 5.84. The molecule has 8 heteroatoms. The van der Waals surface area contributed by atoms with Gasteiger partial charge in [-0.25, -0.2) is 4.98 Å². The van der Waals surface area contributed by atoms with Gasteiger partial charge in [-0.3, -0.25) is 9.98 Å². The topological polar surface area (TPSA) is 55.1 Å². The lowest BCUT2D eigenvalue weighted by molar-refractivity contribution is -0.137. The van der Waals surface area contributed by atoms with Crippen LogP contribution >= 0.6 is 0 Å². The molecule has 1 aromatic heterocycles. The molecule has 5 rings (SSSR count). The molecule has 188 valence electrons. The number of halogens is 3. The highest BCUT2D eigenvalue weighted by atomic mass is 19.4. The second-order valence-electron chi connectivity index (χ2n) is 9.04. The first-order valence-corrected chi connectivity index (χ1v) is 12.1. The number of nitrogens with one attached hydrogen (secondary N) is 1. The second kappa shape index (κ2) is 9.69. The van der Waals surface area contributed by atoms with Crippen LogP contribution in [0, 0.1) is 6.92 Å². The molecule has 1 N–H and O–H groups in total. The molecule has 1 aliphatic heterocycles. The van der Waals surface area contributed by atoms with E-state index < -0.39 is 11.7 Å². The van der Waals surface area contributed by atoms with Crippen LogP contribution in [0.15, 0.2) is 84.0 Å². The van der Waals surface area contributed by atoms with Crippen LogP contribution in [-0.4, -0.2) is 20.6 Å². The smallest absolute Gasteiger partial charge is 0.352 e. The van der Waals surface area contributed by atoms with Gasteiger partial charge in [0.1, 0.15) is 0 Å². The van der Waals surface area contributed by atoms with E-state index in [9.17, 15) is 13.2 Å². The van der Waals surface area contributed by atoms with Crippen molar-refractivity contribution in [2.24, 2.45) is 4.99 Å². The molecule has 2 aliphatic rings. The van der Waals surface area contributed by atoms with E-state index in [1.807, 2.05) is 66.9 Å². The number of nitrogens with zero attached hydrogens (tertiary/aromatic N) is 4. The number of hydrogen-bond acceptors (Lipinski definition) is 4. The molecule has 0 bridgehead atoms. The first-order chi connectivity index (χ1) is 17.7. The summed E-state index contributed by atoms with van der Waals surface area (Å²) in [7, 11) is 0. The van der Waals surface area contributed by atoms with Crippen LogP contribution < -0.4 is 10.7 Å². The normalized spacial score (nSPS) is 13.3. The summed E-state index contributed by atoms with van der Waals surface area (Å²) in [4.78, 5) is 14.2. The van der Waals surface area contributed by atoms with Crippen LogP contribution in [-0.2, 0) is 6.18 Å². The van der Waals surface area contributed by atoms with Gasteiger partial charge in [-0.15, -0.1) is 0 Å². The van der Waals surface area contributed by atoms with Gasteiger partial charge in [0, 0.05) is 17.4 Å². The molecule has 0 fully saturated rings. The van der Waals surface area contributed by atoms with Crippen LogP contribution in [0.5, 0.6) is 0 Å². The molecular weight excluding hydrogens is 475 g/mol. The van der Waals surface area contributed by atoms with E-state index in [-0.39, 0.29) is 6.04 Å². The van der Waals surface area contributed by atoms with Crippen LogP contribution in [0.3, 0.4) is 0 Å². The van der Waals surface area contributed by atoms with Crippen molar-refractivity contribution in [2.45, 2.75) is 39.4 Å². The van der Waals surface area contributed by atoms with E-state index in [2.05, 4.69) is 17.2 Å². The van der Waals surface area contributed by atoms with E-state index in [0.717, 1.165) is 57.7 Å². The largest absolute Gasteiger partial charge is 0.416 e. The monoisotopic (exact) mass is 501 g/mol. The van der Waals surface area contributed by atoms with Crippen molar-refractivity contribution >= 4 is 22.4 Å². The summed E-state index contributed by atoms with van der Waals surface area (Å²) in [5, 5.41) is 4.16. The van der Waals surface area contributed by atoms with E-state index >= 15 is 0 Å². The standard InChI is InChI=1S/C29H26F3N5/c1-4-18(2)34-25-16-28-26(15-24(25)35-21-12-9-19(3)33-17-21)36-23-7-5-6-8-27(23)37(28)22-13-10-20(11-14-22)29(30,31)32/h5-18,35H,4H2,1-3H3. The molecule has 37 heavy (non-hydrogen) atoms. The highest BCUT2D eigenvalue weighted by Gasteiger charge is 2.30. The number of hydrogen-bond donors (Lipinski definition) is 1. The van der Waals surface area contributed by atoms with Gasteiger partial charge in [0.15, 0.2) is 0 Å². The van der Waals surface area contributed by atoms with Crippen molar-refractivity contribution in [3.05, 3.63) is 95.6 Å². The molecule has 0 amide bonds. The maximum absolute atomic E-state index is 13.2. The third-order valence-electron chi connectivity index (χ3n) is 6.29. The predicted octanol–water partition coefficient (Wildman–Crippen LogP) is 7.30. The molecule has 1 unspecified atom stereocenters. The average molecular weight is 502 g/mol. The number of anilines is 2. The molecule has 0 spiro atoms. The number of pyridine rings is 1. The third kappa shape index (κ3) is 5.05. The molecule has 3 aromatic rings. The summed E-state index contributed by atoms with van der Waals surface area (Å²) in [5.41, 5.74) is 5.37. The first kappa shape index (κ1) is 24.5. The minimum absolute atomic E-state index is 0.0714. The number of rotatable bonds is 5. The lowest BCUT2D eigenvalue weighted by Gasteiger charge is -2.21. The SMILES string of the molecule is CCC(C)N=c1cc2n(-c3ccc(C(F)(F)F)cc3)c3ccccc3nc-2cc1Nc1ccc(C)nc1. The van der Waals surface area contributed by atoms with Crippen LogP contribution in [0.4, 0.5) is 24.5 Å². The summed E-state index contributed by atoms with van der Waals surface area (Å²) in [6.45, 7) is 6.05. The fourth-order valence-electron chi connectivity index (χ4n) is 4.15. The van der Waals surface area contributed by atoms with Crippen molar-refractivity contribution < 1.29 is 13.2 Å². The molecule has 5 nitrogen and oxygen atoms in total. The Morgan fingerprint density at radius 1 is 1.00 bits per heavy atom. The lowest BCUT2D eigenvalue weighted by Crippen LogP contribution is -2.17. The number of aryl methyl sites for hydroxylation is 1. The van der Waals surface area contributed by atoms with E-state index in [1.165, 1.54) is 12.1 Å². The van der Waals surface area contributed by atoms with Crippen molar-refractivity contribution in [1.82, 2.24) is 14.5 Å². The van der Waals surface area contributed by atoms with E-state index in [4.69, 9.17) is 9.98 Å². The maximum Gasteiger partial charge on any atom is 0.416 e. The predicted molar refractivity (Wildman–Crippen MR) is 140 cm³/mol. The molecule has 0 radical (unpaired) electrons. The minimum Gasteiger partial charge on any atom is -0.352 e. The zero-order valence-corrected chi connectivity index (χ0v) is 20.7. The Bertz CT molecular complexity index is 1590. The Morgan fingerprint density at radius 2 is 1.76 bits per heavy atom. The van der Waals surface area contributed by atoms with Crippen molar-refractivity contribution in [2.75, 3.05) is 5.32 Å². The first-order valence-electron chi connectivity index (χ1n) is 12.1. The fraction of sp³-hybridized carbons (Fsp3) is 0.207. The van der Waals surface area contributed by atoms with Crippen LogP contribution in [0.25, 0.3) is 28.1 Å². The van der Waals surface area contributed by atoms with Crippen molar-refractivity contribution in [3.8, 4) is 17.1 Å². The number of benzene rings is 3. The summed E-state index contributed by atoms with van der Waals surface area (Å²) in [6.07, 6.45) is -1.78. The van der Waals surface area contributed by atoms with Gasteiger partial charge in [-0.05, 0) is 80.9 Å². The molecule has 1 aliphatic carbocycles. The number of para-hydroxylation sites is 2. The summed E-state index contributed by atoms with van der Waals surface area (Å²) >= 11 is 0.